The summed E-state index contributed by atoms with van der Waals surface area (Å²) in [6, 6.07) is 15.8. The summed E-state index contributed by atoms with van der Waals surface area (Å²) >= 11 is 7.65. The van der Waals surface area contributed by atoms with Crippen LogP contribution < -0.4 is 0 Å². The van der Waals surface area contributed by atoms with E-state index in [0.717, 1.165) is 15.5 Å². The highest BCUT2D eigenvalue weighted by Crippen LogP contribution is 2.35. The highest BCUT2D eigenvalue weighted by Gasteiger charge is 2.16. The van der Waals surface area contributed by atoms with E-state index in [9.17, 15) is 0 Å². The third kappa shape index (κ3) is 3.51. The molecule has 0 aliphatic carbocycles. The van der Waals surface area contributed by atoms with Crippen molar-refractivity contribution in [3.8, 4) is 11.5 Å². The molecule has 0 aliphatic heterocycles. The molecule has 1 heterocycles. The summed E-state index contributed by atoms with van der Waals surface area (Å²) in [5.41, 5.74) is 2.14. The summed E-state index contributed by atoms with van der Waals surface area (Å²) in [4.78, 5) is 1.08. The van der Waals surface area contributed by atoms with Gasteiger partial charge in [-0.25, -0.2) is 0 Å². The smallest absolute Gasteiger partial charge is 0.247 e. The minimum absolute atomic E-state index is 0.0603. The molecule has 0 bridgehead atoms. The Labute approximate surface area is 138 Å². The molecule has 2 aromatic carbocycles. The second-order valence-electron chi connectivity index (χ2n) is 5.03. The van der Waals surface area contributed by atoms with Crippen molar-refractivity contribution >= 4 is 23.4 Å². The van der Waals surface area contributed by atoms with Crippen LogP contribution in [0.25, 0.3) is 11.5 Å². The van der Waals surface area contributed by atoms with Crippen molar-refractivity contribution in [1.82, 2.24) is 10.2 Å². The Morgan fingerprint density at radius 2 is 1.86 bits per heavy atom. The Morgan fingerprint density at radius 1 is 1.09 bits per heavy atom. The highest BCUT2D eigenvalue weighted by molar-refractivity contribution is 7.99. The standard InChI is InChI=1S/C17H15ClN2OS/c1-11-6-8-13(9-7-11)17-20-19-16(21-17)12(2)22-15-5-3-4-14(18)10-15/h3-10,12H,1-2H3. The molecule has 0 saturated heterocycles. The van der Waals surface area contributed by atoms with Crippen molar-refractivity contribution in [2.75, 3.05) is 0 Å². The zero-order chi connectivity index (χ0) is 15.5. The second kappa shape index (κ2) is 6.55. The molecule has 0 aliphatic rings. The Morgan fingerprint density at radius 3 is 2.59 bits per heavy atom. The van der Waals surface area contributed by atoms with E-state index in [1.807, 2.05) is 62.4 Å². The summed E-state index contributed by atoms with van der Waals surface area (Å²) in [5.74, 6) is 1.16. The van der Waals surface area contributed by atoms with Crippen LogP contribution in [-0.4, -0.2) is 10.2 Å². The number of hydrogen-bond acceptors (Lipinski definition) is 4. The van der Waals surface area contributed by atoms with Gasteiger partial charge in [-0.3, -0.25) is 0 Å². The first-order chi connectivity index (χ1) is 10.6. The molecule has 0 spiro atoms. The van der Waals surface area contributed by atoms with Gasteiger partial charge in [0, 0.05) is 15.5 Å². The molecule has 1 aromatic heterocycles. The minimum atomic E-state index is 0.0603. The average molecular weight is 331 g/mol. The van der Waals surface area contributed by atoms with Crippen LogP contribution in [0.2, 0.25) is 5.02 Å². The summed E-state index contributed by atoms with van der Waals surface area (Å²) in [6.45, 7) is 4.09. The van der Waals surface area contributed by atoms with Crippen molar-refractivity contribution < 1.29 is 4.42 Å². The maximum absolute atomic E-state index is 6.01. The average Bonchev–Trinajstić information content (AvgIpc) is 2.98. The number of nitrogens with zero attached hydrogens (tertiary/aromatic N) is 2. The molecule has 3 nitrogen and oxygen atoms in total. The molecule has 112 valence electrons. The number of halogens is 1. The Balaban J connectivity index is 1.76. The Bertz CT molecular complexity index is 770. The SMILES string of the molecule is Cc1ccc(-c2nnc(C(C)Sc3cccc(Cl)c3)o2)cc1. The van der Waals surface area contributed by atoms with Crippen molar-refractivity contribution in [2.45, 2.75) is 24.0 Å². The van der Waals surface area contributed by atoms with Gasteiger partial charge in [0.25, 0.3) is 0 Å². The van der Waals surface area contributed by atoms with Gasteiger partial charge in [-0.2, -0.15) is 0 Å². The van der Waals surface area contributed by atoms with Crippen LogP contribution in [-0.2, 0) is 0 Å². The number of benzene rings is 2. The molecule has 0 amide bonds. The van der Waals surface area contributed by atoms with E-state index >= 15 is 0 Å². The largest absolute Gasteiger partial charge is 0.419 e. The lowest BCUT2D eigenvalue weighted by atomic mass is 10.1. The molecule has 0 N–H and O–H groups in total. The lowest BCUT2D eigenvalue weighted by Gasteiger charge is -2.06. The van der Waals surface area contributed by atoms with Crippen LogP contribution in [0.15, 0.2) is 57.8 Å². The lowest BCUT2D eigenvalue weighted by Crippen LogP contribution is -1.88. The van der Waals surface area contributed by atoms with Crippen molar-refractivity contribution in [2.24, 2.45) is 0 Å². The van der Waals surface area contributed by atoms with Crippen LogP contribution in [0.3, 0.4) is 0 Å². The van der Waals surface area contributed by atoms with Crippen molar-refractivity contribution in [3.63, 3.8) is 0 Å². The molecule has 22 heavy (non-hydrogen) atoms. The summed E-state index contributed by atoms with van der Waals surface area (Å²) in [6.07, 6.45) is 0. The quantitative estimate of drug-likeness (QED) is 0.588. The first kappa shape index (κ1) is 15.1. The number of aromatic nitrogens is 2. The third-order valence-corrected chi connectivity index (χ3v) is 4.51. The first-order valence-corrected chi connectivity index (χ1v) is 8.20. The van der Waals surface area contributed by atoms with E-state index in [4.69, 9.17) is 16.0 Å². The lowest BCUT2D eigenvalue weighted by molar-refractivity contribution is 0.509. The molecule has 3 rings (SSSR count). The summed E-state index contributed by atoms with van der Waals surface area (Å²) < 4.78 is 5.80. The molecule has 5 heteroatoms. The topological polar surface area (TPSA) is 38.9 Å². The fourth-order valence-corrected chi connectivity index (χ4v) is 3.22. The molecule has 1 unspecified atom stereocenters. The van der Waals surface area contributed by atoms with Gasteiger partial charge in [-0.05, 0) is 44.2 Å². The van der Waals surface area contributed by atoms with Gasteiger partial charge in [0.05, 0.1) is 5.25 Å². The third-order valence-electron chi connectivity index (χ3n) is 3.20. The monoisotopic (exact) mass is 330 g/mol. The highest BCUT2D eigenvalue weighted by atomic mass is 35.5. The molecule has 0 radical (unpaired) electrons. The zero-order valence-corrected chi connectivity index (χ0v) is 13.9. The van der Waals surface area contributed by atoms with Gasteiger partial charge in [-0.15, -0.1) is 22.0 Å². The molecular formula is C17H15ClN2OS. The van der Waals surface area contributed by atoms with Crippen LogP contribution in [0.5, 0.6) is 0 Å². The van der Waals surface area contributed by atoms with Gasteiger partial charge >= 0.3 is 0 Å². The maximum atomic E-state index is 6.01. The Hall–Kier alpha value is -1.78. The van der Waals surface area contributed by atoms with Crippen LogP contribution in [0.1, 0.15) is 23.6 Å². The van der Waals surface area contributed by atoms with Crippen molar-refractivity contribution in [1.29, 1.82) is 0 Å². The van der Waals surface area contributed by atoms with Crippen LogP contribution in [0.4, 0.5) is 0 Å². The van der Waals surface area contributed by atoms with E-state index in [-0.39, 0.29) is 5.25 Å². The minimum Gasteiger partial charge on any atom is -0.419 e. The van der Waals surface area contributed by atoms with Gasteiger partial charge in [0.2, 0.25) is 11.8 Å². The van der Waals surface area contributed by atoms with Crippen molar-refractivity contribution in [3.05, 3.63) is 65.0 Å². The number of thioether (sulfide) groups is 1. The van der Waals surface area contributed by atoms with Gasteiger partial charge < -0.3 is 4.42 Å². The normalized spacial score (nSPS) is 12.3. The van der Waals surface area contributed by atoms with Gasteiger partial charge in [-0.1, -0.05) is 35.4 Å². The van der Waals surface area contributed by atoms with E-state index in [2.05, 4.69) is 10.2 Å². The predicted octanol–water partition coefficient (Wildman–Crippen LogP) is 5.55. The van der Waals surface area contributed by atoms with Crippen LogP contribution in [0, 0.1) is 6.92 Å². The zero-order valence-electron chi connectivity index (χ0n) is 12.3. The fourth-order valence-electron chi connectivity index (χ4n) is 2.01. The fraction of sp³-hybridized carbons (Fsp3) is 0.176. The molecule has 1 atom stereocenters. The Kier molecular flexibility index (Phi) is 4.50. The molecule has 0 fully saturated rings. The maximum Gasteiger partial charge on any atom is 0.247 e. The number of hydrogen-bond donors (Lipinski definition) is 0. The number of rotatable bonds is 4. The molecule has 0 saturated carbocycles. The molecular weight excluding hydrogens is 316 g/mol. The first-order valence-electron chi connectivity index (χ1n) is 6.94. The molecule has 3 aromatic rings. The number of aryl methyl sites for hydroxylation is 1. The van der Waals surface area contributed by atoms with E-state index < -0.39 is 0 Å². The predicted molar refractivity (Wildman–Crippen MR) is 90.2 cm³/mol. The summed E-state index contributed by atoms with van der Waals surface area (Å²) in [7, 11) is 0. The second-order valence-corrected chi connectivity index (χ2v) is 6.88. The van der Waals surface area contributed by atoms with E-state index in [1.165, 1.54) is 5.56 Å². The summed E-state index contributed by atoms with van der Waals surface area (Å²) in [5, 5.41) is 9.09. The van der Waals surface area contributed by atoms with E-state index in [1.54, 1.807) is 11.8 Å². The van der Waals surface area contributed by atoms with Gasteiger partial charge in [0.1, 0.15) is 0 Å². The van der Waals surface area contributed by atoms with E-state index in [0.29, 0.717) is 11.8 Å². The van der Waals surface area contributed by atoms with Gasteiger partial charge in [0.15, 0.2) is 0 Å². The van der Waals surface area contributed by atoms with Crippen LogP contribution >= 0.6 is 23.4 Å².